The summed E-state index contributed by atoms with van der Waals surface area (Å²) in [6.45, 7) is 1.26. The molecule has 0 N–H and O–H groups in total. The number of benzene rings is 1. The second kappa shape index (κ2) is 7.38. The van der Waals surface area contributed by atoms with Crippen LogP contribution in [0.5, 0.6) is 5.75 Å². The third-order valence-electron chi connectivity index (χ3n) is 3.70. The Morgan fingerprint density at radius 1 is 0.960 bits per heavy atom. The molecule has 0 amide bonds. The normalized spacial score (nSPS) is 17.4. The fourth-order valence-electron chi connectivity index (χ4n) is 2.52. The second-order valence-corrected chi connectivity index (χ2v) is 5.26. The molecule has 132 valence electrons. The number of fused-ring (bicyclic) bond motifs is 1. The first kappa shape index (κ1) is 17.8. The lowest BCUT2D eigenvalue weighted by Crippen LogP contribution is -2.22. The highest BCUT2D eigenvalue weighted by Gasteiger charge is 2.24. The van der Waals surface area contributed by atoms with Gasteiger partial charge < -0.3 is 10.0 Å². The van der Waals surface area contributed by atoms with Crippen molar-refractivity contribution in [2.45, 2.75) is 18.9 Å². The molecular weight excluding hydrogens is 336 g/mol. The van der Waals surface area contributed by atoms with Crippen LogP contribution in [0.2, 0.25) is 0 Å². The lowest BCUT2D eigenvalue weighted by molar-refractivity contribution is -0.420. The Hall–Kier alpha value is -3.50. The summed E-state index contributed by atoms with van der Waals surface area (Å²) >= 11 is 0. The molecule has 11 heteroatoms. The minimum atomic E-state index is -1.46. The summed E-state index contributed by atoms with van der Waals surface area (Å²) in [5.41, 5.74) is -3.26. The average Bonchev–Trinajstić information content (AvgIpc) is 3.03. The van der Waals surface area contributed by atoms with Gasteiger partial charge in [0.2, 0.25) is 0 Å². The number of non-ortho nitro benzene ring substituents is 1. The number of nitro groups is 3. The largest absolute Gasteiger partial charge is 0.863 e. The summed E-state index contributed by atoms with van der Waals surface area (Å²) in [5.74, 6) is -1.46. The highest BCUT2D eigenvalue weighted by Crippen LogP contribution is 2.36. The molecule has 1 atom stereocenters. The number of nitrogens with zero attached hydrogens (tertiary/aromatic N) is 4. The summed E-state index contributed by atoms with van der Waals surface area (Å²) in [4.78, 5) is 29.9. The Morgan fingerprint density at radius 3 is 2.04 bits per heavy atom. The number of allylic oxidation sites excluding steroid dienone is 2. The van der Waals surface area contributed by atoms with Crippen LogP contribution in [-0.4, -0.2) is 32.3 Å². The van der Waals surface area contributed by atoms with Crippen LogP contribution in [0.1, 0.15) is 12.8 Å². The molecule has 0 aliphatic carbocycles. The maximum Gasteiger partial charge on any atom is 0.283 e. The van der Waals surface area contributed by atoms with Gasteiger partial charge in [-0.1, -0.05) is 12.2 Å². The minimum absolute atomic E-state index is 0.384. The molecule has 3 rings (SSSR count). The number of rotatable bonds is 3. The molecular formula is C14H13N4O7-. The van der Waals surface area contributed by atoms with Gasteiger partial charge in [0.25, 0.3) is 17.1 Å². The van der Waals surface area contributed by atoms with Gasteiger partial charge in [-0.05, 0) is 25.1 Å². The summed E-state index contributed by atoms with van der Waals surface area (Å²) in [5, 5.41) is 42.1. The van der Waals surface area contributed by atoms with Crippen molar-refractivity contribution in [3.05, 3.63) is 66.9 Å². The highest BCUT2D eigenvalue weighted by molar-refractivity contribution is 5.63. The van der Waals surface area contributed by atoms with Gasteiger partial charge in [-0.25, -0.2) is 0 Å². The summed E-state index contributed by atoms with van der Waals surface area (Å²) in [6.07, 6.45) is 11.4. The van der Waals surface area contributed by atoms with E-state index in [-0.39, 0.29) is 0 Å². The van der Waals surface area contributed by atoms with Crippen LogP contribution in [0.15, 0.2) is 36.6 Å². The van der Waals surface area contributed by atoms with Crippen LogP contribution in [0.25, 0.3) is 0 Å². The van der Waals surface area contributed by atoms with Crippen molar-refractivity contribution in [2.75, 3.05) is 6.54 Å². The van der Waals surface area contributed by atoms with E-state index < -0.39 is 37.6 Å². The Labute approximate surface area is 140 Å². The van der Waals surface area contributed by atoms with Crippen molar-refractivity contribution in [2.24, 2.45) is 0 Å². The van der Waals surface area contributed by atoms with Gasteiger partial charge in [0.1, 0.15) is 0 Å². The van der Waals surface area contributed by atoms with Crippen molar-refractivity contribution in [1.82, 2.24) is 4.90 Å². The maximum absolute atomic E-state index is 11.1. The van der Waals surface area contributed by atoms with Gasteiger partial charge in [-0.2, -0.15) is 0 Å². The van der Waals surface area contributed by atoms with E-state index in [4.69, 9.17) is 0 Å². The SMILES string of the molecule is C1=CC2CCCN2C=C1.O=[N+]([O-])c1cc([N+](=O)[O-])c([O-])c([N+](=O)[O-])c1. The minimum Gasteiger partial charge on any atom is -0.863 e. The third kappa shape index (κ3) is 4.07. The van der Waals surface area contributed by atoms with E-state index in [0.29, 0.717) is 12.1 Å². The molecule has 0 radical (unpaired) electrons. The predicted molar refractivity (Wildman–Crippen MR) is 83.9 cm³/mol. The third-order valence-corrected chi connectivity index (χ3v) is 3.70. The topological polar surface area (TPSA) is 156 Å². The Morgan fingerprint density at radius 2 is 1.56 bits per heavy atom. The van der Waals surface area contributed by atoms with Crippen molar-refractivity contribution < 1.29 is 19.9 Å². The zero-order valence-corrected chi connectivity index (χ0v) is 12.8. The molecule has 2 heterocycles. The van der Waals surface area contributed by atoms with E-state index in [1.165, 1.54) is 19.4 Å². The number of hydrogen-bond donors (Lipinski definition) is 0. The van der Waals surface area contributed by atoms with Gasteiger partial charge in [-0.3, -0.25) is 30.3 Å². The van der Waals surface area contributed by atoms with E-state index >= 15 is 0 Å². The van der Waals surface area contributed by atoms with Crippen molar-refractivity contribution in [3.8, 4) is 5.75 Å². The number of nitro benzene ring substituents is 3. The van der Waals surface area contributed by atoms with Crippen molar-refractivity contribution in [1.29, 1.82) is 0 Å². The molecule has 0 bridgehead atoms. The fourth-order valence-corrected chi connectivity index (χ4v) is 2.52. The van der Waals surface area contributed by atoms with Crippen LogP contribution in [-0.2, 0) is 0 Å². The zero-order valence-electron chi connectivity index (χ0n) is 12.8. The van der Waals surface area contributed by atoms with Gasteiger partial charge in [0.05, 0.1) is 32.7 Å². The Balaban J connectivity index is 0.000000208. The molecule has 1 unspecified atom stereocenters. The van der Waals surface area contributed by atoms with E-state index in [2.05, 4.69) is 29.3 Å². The highest BCUT2D eigenvalue weighted by atomic mass is 16.6. The molecule has 1 saturated heterocycles. The zero-order chi connectivity index (χ0) is 18.6. The van der Waals surface area contributed by atoms with E-state index in [9.17, 15) is 35.4 Å². The Bertz CT molecular complexity index is 721. The van der Waals surface area contributed by atoms with E-state index in [1.807, 2.05) is 0 Å². The fraction of sp³-hybridized carbons (Fsp3) is 0.286. The van der Waals surface area contributed by atoms with Crippen LogP contribution in [0.3, 0.4) is 0 Å². The predicted octanol–water partition coefficient (Wildman–Crippen LogP) is 2.02. The van der Waals surface area contributed by atoms with Crippen LogP contribution in [0.4, 0.5) is 17.1 Å². The molecule has 0 aromatic heterocycles. The molecule has 1 aromatic rings. The lowest BCUT2D eigenvalue weighted by Gasteiger charge is -2.21. The first-order valence-corrected chi connectivity index (χ1v) is 7.20. The first-order valence-electron chi connectivity index (χ1n) is 7.20. The molecule has 1 aromatic carbocycles. The Kier molecular flexibility index (Phi) is 5.27. The van der Waals surface area contributed by atoms with Gasteiger partial charge >= 0.3 is 0 Å². The van der Waals surface area contributed by atoms with Crippen LogP contribution < -0.4 is 5.11 Å². The summed E-state index contributed by atoms with van der Waals surface area (Å²) < 4.78 is 0. The van der Waals surface area contributed by atoms with Gasteiger partial charge in [0, 0.05) is 12.6 Å². The van der Waals surface area contributed by atoms with Crippen molar-refractivity contribution >= 4 is 17.1 Å². The first-order chi connectivity index (χ1) is 11.8. The second-order valence-electron chi connectivity index (χ2n) is 5.26. The van der Waals surface area contributed by atoms with Crippen LogP contribution in [0, 0.1) is 30.3 Å². The van der Waals surface area contributed by atoms with E-state index in [0.717, 1.165) is 6.04 Å². The van der Waals surface area contributed by atoms with Crippen molar-refractivity contribution in [3.63, 3.8) is 0 Å². The van der Waals surface area contributed by atoms with Gasteiger partial charge in [-0.15, -0.1) is 0 Å². The molecule has 2 aliphatic heterocycles. The molecule has 1 fully saturated rings. The van der Waals surface area contributed by atoms with Crippen LogP contribution >= 0.6 is 0 Å². The van der Waals surface area contributed by atoms with E-state index in [1.54, 1.807) is 0 Å². The number of hydrogen-bond acceptors (Lipinski definition) is 8. The average molecular weight is 349 g/mol. The summed E-state index contributed by atoms with van der Waals surface area (Å²) in [6, 6.07) is 1.50. The molecule has 0 saturated carbocycles. The quantitative estimate of drug-likeness (QED) is 0.592. The molecule has 11 nitrogen and oxygen atoms in total. The lowest BCUT2D eigenvalue weighted by atomic mass is 10.2. The maximum atomic E-state index is 11.1. The molecule has 25 heavy (non-hydrogen) atoms. The molecule has 0 spiro atoms. The summed E-state index contributed by atoms with van der Waals surface area (Å²) in [7, 11) is 0. The standard InChI is InChI=1S/C8H11N.C6H3N3O7/c1-2-6-9-7-3-5-8(9)4-1;10-6-4(8(13)14)1-3(7(11)12)2-5(6)9(15)16/h1-2,4,6,8H,3,5,7H2;1-2,10H/p-1. The monoisotopic (exact) mass is 349 g/mol. The van der Waals surface area contributed by atoms with Gasteiger partial charge in [0.15, 0.2) is 0 Å². The molecule has 2 aliphatic rings. The smallest absolute Gasteiger partial charge is 0.283 e.